The summed E-state index contributed by atoms with van der Waals surface area (Å²) < 4.78 is 5.43. The Labute approximate surface area is 146 Å². The van der Waals surface area contributed by atoms with Gasteiger partial charge in [0.1, 0.15) is 5.82 Å². The zero-order chi connectivity index (χ0) is 16.4. The molecular formula is C17H20ClN5O. The third kappa shape index (κ3) is 3.45. The van der Waals surface area contributed by atoms with Gasteiger partial charge < -0.3 is 20.3 Å². The second-order valence-corrected chi connectivity index (χ2v) is 6.50. The molecule has 0 aliphatic carbocycles. The van der Waals surface area contributed by atoms with Crippen molar-refractivity contribution in [1.82, 2.24) is 15.3 Å². The molecule has 1 aromatic heterocycles. The highest BCUT2D eigenvalue weighted by Crippen LogP contribution is 2.25. The predicted octanol–water partition coefficient (Wildman–Crippen LogP) is 2.40. The summed E-state index contributed by atoms with van der Waals surface area (Å²) in [4.78, 5) is 11.7. The molecular weight excluding hydrogens is 326 g/mol. The van der Waals surface area contributed by atoms with Crippen molar-refractivity contribution in [2.24, 2.45) is 0 Å². The molecule has 2 saturated heterocycles. The van der Waals surface area contributed by atoms with Crippen LogP contribution in [0.5, 0.6) is 0 Å². The standard InChI is InChI=1S/C17H20ClN5O/c18-13-1-3-14(4-2-13)20-16-9-15(12-10-19-11-12)21-17(22-16)23-5-7-24-8-6-23/h1-4,9,12,19H,5-8,10-11H2,(H,20,21,22). The third-order valence-corrected chi connectivity index (χ3v) is 4.60. The maximum Gasteiger partial charge on any atom is 0.227 e. The average molecular weight is 346 g/mol. The van der Waals surface area contributed by atoms with Gasteiger partial charge in [0.05, 0.1) is 18.9 Å². The van der Waals surface area contributed by atoms with Gasteiger partial charge in [-0.05, 0) is 24.3 Å². The van der Waals surface area contributed by atoms with Gasteiger partial charge in [-0.2, -0.15) is 4.98 Å². The summed E-state index contributed by atoms with van der Waals surface area (Å²) in [5, 5.41) is 7.39. The van der Waals surface area contributed by atoms with E-state index < -0.39 is 0 Å². The first-order valence-corrected chi connectivity index (χ1v) is 8.61. The van der Waals surface area contributed by atoms with E-state index >= 15 is 0 Å². The van der Waals surface area contributed by atoms with E-state index in [1.54, 1.807) is 0 Å². The Morgan fingerprint density at radius 1 is 1.12 bits per heavy atom. The summed E-state index contributed by atoms with van der Waals surface area (Å²) >= 11 is 5.96. The highest BCUT2D eigenvalue weighted by atomic mass is 35.5. The van der Waals surface area contributed by atoms with Crippen molar-refractivity contribution < 1.29 is 4.74 Å². The maximum atomic E-state index is 5.96. The van der Waals surface area contributed by atoms with Crippen molar-refractivity contribution in [2.75, 3.05) is 49.6 Å². The van der Waals surface area contributed by atoms with Crippen LogP contribution in [0.1, 0.15) is 11.6 Å². The monoisotopic (exact) mass is 345 g/mol. The summed E-state index contributed by atoms with van der Waals surface area (Å²) in [6, 6.07) is 9.67. The predicted molar refractivity (Wildman–Crippen MR) is 95.4 cm³/mol. The lowest BCUT2D eigenvalue weighted by Gasteiger charge is -2.30. The van der Waals surface area contributed by atoms with Gasteiger partial charge in [0.25, 0.3) is 0 Å². The SMILES string of the molecule is Clc1ccc(Nc2cc(C3CNC3)nc(N3CCOCC3)n2)cc1. The molecule has 6 nitrogen and oxygen atoms in total. The number of hydrogen-bond acceptors (Lipinski definition) is 6. The number of aromatic nitrogens is 2. The van der Waals surface area contributed by atoms with E-state index in [1.165, 1.54) is 0 Å². The van der Waals surface area contributed by atoms with E-state index in [2.05, 4.69) is 15.5 Å². The van der Waals surface area contributed by atoms with Crippen LogP contribution in [0.4, 0.5) is 17.5 Å². The molecule has 2 aromatic rings. The number of morpholine rings is 1. The fourth-order valence-electron chi connectivity index (χ4n) is 2.81. The first kappa shape index (κ1) is 15.6. The number of anilines is 3. The van der Waals surface area contributed by atoms with Crippen LogP contribution in [-0.2, 0) is 4.74 Å². The van der Waals surface area contributed by atoms with Crippen molar-refractivity contribution in [3.05, 3.63) is 41.0 Å². The Hall–Kier alpha value is -1.89. The van der Waals surface area contributed by atoms with Crippen LogP contribution in [0, 0.1) is 0 Å². The van der Waals surface area contributed by atoms with Gasteiger partial charge in [-0.1, -0.05) is 11.6 Å². The van der Waals surface area contributed by atoms with Crippen molar-refractivity contribution >= 4 is 29.1 Å². The smallest absolute Gasteiger partial charge is 0.227 e. The van der Waals surface area contributed by atoms with E-state index in [9.17, 15) is 0 Å². The van der Waals surface area contributed by atoms with Crippen LogP contribution in [0.3, 0.4) is 0 Å². The molecule has 0 bridgehead atoms. The molecule has 126 valence electrons. The Morgan fingerprint density at radius 2 is 1.88 bits per heavy atom. The molecule has 2 N–H and O–H groups in total. The summed E-state index contributed by atoms with van der Waals surface area (Å²) in [5.41, 5.74) is 2.05. The molecule has 1 aromatic carbocycles. The lowest BCUT2D eigenvalue weighted by molar-refractivity contribution is 0.122. The van der Waals surface area contributed by atoms with Crippen LogP contribution in [0.15, 0.2) is 30.3 Å². The van der Waals surface area contributed by atoms with Crippen molar-refractivity contribution in [1.29, 1.82) is 0 Å². The van der Waals surface area contributed by atoms with Gasteiger partial charge in [-0.15, -0.1) is 0 Å². The average Bonchev–Trinajstić information content (AvgIpc) is 2.56. The second-order valence-electron chi connectivity index (χ2n) is 6.06. The number of ether oxygens (including phenoxy) is 1. The van der Waals surface area contributed by atoms with Gasteiger partial charge in [-0.3, -0.25) is 0 Å². The molecule has 0 unspecified atom stereocenters. The maximum absolute atomic E-state index is 5.96. The second kappa shape index (κ2) is 6.93. The number of rotatable bonds is 4. The number of hydrogen-bond donors (Lipinski definition) is 2. The summed E-state index contributed by atoms with van der Waals surface area (Å²) in [6.07, 6.45) is 0. The molecule has 3 heterocycles. The molecule has 0 radical (unpaired) electrons. The summed E-state index contributed by atoms with van der Waals surface area (Å²) in [6.45, 7) is 5.04. The van der Waals surface area contributed by atoms with E-state index in [1.807, 2.05) is 30.3 Å². The van der Waals surface area contributed by atoms with Crippen LogP contribution < -0.4 is 15.5 Å². The fraction of sp³-hybridized carbons (Fsp3) is 0.412. The van der Waals surface area contributed by atoms with E-state index in [-0.39, 0.29) is 0 Å². The minimum absolute atomic E-state index is 0.457. The minimum Gasteiger partial charge on any atom is -0.378 e. The van der Waals surface area contributed by atoms with E-state index in [4.69, 9.17) is 26.3 Å². The van der Waals surface area contributed by atoms with Gasteiger partial charge in [0.15, 0.2) is 0 Å². The zero-order valence-electron chi connectivity index (χ0n) is 13.3. The lowest BCUT2D eigenvalue weighted by Crippen LogP contribution is -2.41. The molecule has 2 fully saturated rings. The largest absolute Gasteiger partial charge is 0.378 e. The van der Waals surface area contributed by atoms with Gasteiger partial charge in [0.2, 0.25) is 5.95 Å². The van der Waals surface area contributed by atoms with Gasteiger partial charge in [-0.25, -0.2) is 4.98 Å². The molecule has 24 heavy (non-hydrogen) atoms. The lowest BCUT2D eigenvalue weighted by atomic mass is 9.99. The molecule has 2 aliphatic heterocycles. The number of nitrogens with zero attached hydrogens (tertiary/aromatic N) is 3. The number of benzene rings is 1. The van der Waals surface area contributed by atoms with Crippen molar-refractivity contribution in [3.8, 4) is 0 Å². The van der Waals surface area contributed by atoms with E-state index in [0.29, 0.717) is 5.92 Å². The highest BCUT2D eigenvalue weighted by molar-refractivity contribution is 6.30. The first-order chi connectivity index (χ1) is 11.8. The quantitative estimate of drug-likeness (QED) is 0.887. The van der Waals surface area contributed by atoms with Crippen LogP contribution in [0.25, 0.3) is 0 Å². The summed E-state index contributed by atoms with van der Waals surface area (Å²) in [5.74, 6) is 2.05. The fourth-order valence-corrected chi connectivity index (χ4v) is 2.94. The summed E-state index contributed by atoms with van der Waals surface area (Å²) in [7, 11) is 0. The molecule has 0 atom stereocenters. The molecule has 4 rings (SSSR count). The normalized spacial score (nSPS) is 18.3. The zero-order valence-corrected chi connectivity index (χ0v) is 14.1. The van der Waals surface area contributed by atoms with Crippen LogP contribution >= 0.6 is 11.6 Å². The number of halogens is 1. The third-order valence-electron chi connectivity index (χ3n) is 4.34. The Bertz CT molecular complexity index is 699. The Balaban J connectivity index is 1.62. The van der Waals surface area contributed by atoms with Gasteiger partial charge >= 0.3 is 0 Å². The highest BCUT2D eigenvalue weighted by Gasteiger charge is 2.23. The first-order valence-electron chi connectivity index (χ1n) is 8.23. The number of nitrogens with one attached hydrogen (secondary N) is 2. The minimum atomic E-state index is 0.457. The van der Waals surface area contributed by atoms with Crippen LogP contribution in [-0.4, -0.2) is 49.4 Å². The van der Waals surface area contributed by atoms with Crippen molar-refractivity contribution in [3.63, 3.8) is 0 Å². The molecule has 0 spiro atoms. The Kier molecular flexibility index (Phi) is 4.51. The van der Waals surface area contributed by atoms with Crippen LogP contribution in [0.2, 0.25) is 5.02 Å². The van der Waals surface area contributed by atoms with Crippen molar-refractivity contribution in [2.45, 2.75) is 5.92 Å². The molecule has 7 heteroatoms. The van der Waals surface area contributed by atoms with E-state index in [0.717, 1.165) is 67.6 Å². The molecule has 0 saturated carbocycles. The Morgan fingerprint density at radius 3 is 2.54 bits per heavy atom. The topological polar surface area (TPSA) is 62.3 Å². The van der Waals surface area contributed by atoms with Gasteiger partial charge in [0, 0.05) is 48.9 Å². The molecule has 0 amide bonds. The molecule has 2 aliphatic rings.